The number of aryl methyl sites for hydroxylation is 1. The summed E-state index contributed by atoms with van der Waals surface area (Å²) in [5.74, 6) is 1.11. The van der Waals surface area contributed by atoms with Crippen LogP contribution in [0.1, 0.15) is 22.8 Å². The van der Waals surface area contributed by atoms with Crippen molar-refractivity contribution in [3.8, 4) is 0 Å². The van der Waals surface area contributed by atoms with Crippen molar-refractivity contribution in [3.63, 3.8) is 0 Å². The Bertz CT molecular complexity index is 775. The number of hydrogen-bond donors (Lipinski definition) is 0. The first kappa shape index (κ1) is 18.5. The molecule has 1 heterocycles. The highest BCUT2D eigenvalue weighted by Gasteiger charge is 2.19. The van der Waals surface area contributed by atoms with Crippen LogP contribution in [0, 0.1) is 0 Å². The minimum Gasteiger partial charge on any atom is -0.378 e. The maximum atomic E-state index is 12.0. The number of benzene rings is 2. The molecule has 1 unspecified atom stereocenters. The number of fused-ring (bicyclic) bond motifs is 1. The lowest BCUT2D eigenvalue weighted by molar-refractivity contribution is 0.103. The molecule has 3 rings (SSSR count). The first-order valence-corrected chi connectivity index (χ1v) is 10.8. The predicted octanol–water partition coefficient (Wildman–Crippen LogP) is 3.83. The highest BCUT2D eigenvalue weighted by atomic mass is 32.2. The number of ether oxygens (including phenoxy) is 1. The summed E-state index contributed by atoms with van der Waals surface area (Å²) < 4.78 is 34.8. The third-order valence-electron chi connectivity index (χ3n) is 4.08. The van der Waals surface area contributed by atoms with Crippen LogP contribution in [0.25, 0.3) is 0 Å². The molecule has 2 aromatic rings. The van der Waals surface area contributed by atoms with Gasteiger partial charge < -0.3 is 4.74 Å². The maximum absolute atomic E-state index is 12.0. The van der Waals surface area contributed by atoms with E-state index in [1.165, 1.54) is 29.7 Å². The van der Waals surface area contributed by atoms with Crippen LogP contribution in [0.4, 0.5) is 0 Å². The topological polar surface area (TPSA) is 52.6 Å². The van der Waals surface area contributed by atoms with Crippen molar-refractivity contribution < 1.29 is 17.3 Å². The molecule has 1 aliphatic heterocycles. The third kappa shape index (κ3) is 5.07. The molecule has 6 heteroatoms. The first-order chi connectivity index (χ1) is 12.2. The Labute approximate surface area is 153 Å². The van der Waals surface area contributed by atoms with Gasteiger partial charge in [-0.15, -0.1) is 0 Å². The summed E-state index contributed by atoms with van der Waals surface area (Å²) in [5, 5.41) is 0.296. The quantitative estimate of drug-likeness (QED) is 0.541. The van der Waals surface area contributed by atoms with Crippen molar-refractivity contribution in [1.82, 2.24) is 0 Å². The van der Waals surface area contributed by atoms with Crippen LogP contribution in [0.3, 0.4) is 0 Å². The molecule has 0 fully saturated rings. The highest BCUT2D eigenvalue weighted by Crippen LogP contribution is 2.35. The molecular formula is C19H22O4S2. The molecule has 0 saturated carbocycles. The molecule has 0 aliphatic carbocycles. The average Bonchev–Trinajstić information content (AvgIpc) is 2.85. The summed E-state index contributed by atoms with van der Waals surface area (Å²) in [6.07, 6.45) is 2.29. The molecule has 4 nitrogen and oxygen atoms in total. The van der Waals surface area contributed by atoms with E-state index in [2.05, 4.69) is 24.3 Å². The molecule has 0 saturated heterocycles. The van der Waals surface area contributed by atoms with Gasteiger partial charge in [0.2, 0.25) is 0 Å². The smallest absolute Gasteiger partial charge is 0.297 e. The van der Waals surface area contributed by atoms with E-state index in [4.69, 9.17) is 8.92 Å². The second-order valence-electron chi connectivity index (χ2n) is 5.83. The summed E-state index contributed by atoms with van der Waals surface area (Å²) >= 11 is 1.90. The molecule has 0 bridgehead atoms. The highest BCUT2D eigenvalue weighted by molar-refractivity contribution is 7.99. The largest absolute Gasteiger partial charge is 0.378 e. The van der Waals surface area contributed by atoms with Gasteiger partial charge in [0.15, 0.2) is 0 Å². The number of hydrogen-bond acceptors (Lipinski definition) is 5. The Hall–Kier alpha value is -1.34. The minimum atomic E-state index is -3.71. The minimum absolute atomic E-state index is 0.0241. The zero-order valence-corrected chi connectivity index (χ0v) is 15.6. The fourth-order valence-corrected chi connectivity index (χ4v) is 4.95. The zero-order valence-electron chi connectivity index (χ0n) is 14.0. The zero-order chi connectivity index (χ0) is 17.5. The molecule has 134 valence electrons. The van der Waals surface area contributed by atoms with Crippen LogP contribution >= 0.6 is 11.8 Å². The Balaban J connectivity index is 1.48. The van der Waals surface area contributed by atoms with Gasteiger partial charge >= 0.3 is 0 Å². The summed E-state index contributed by atoms with van der Waals surface area (Å²) in [5.41, 5.74) is 2.73. The van der Waals surface area contributed by atoms with Crippen LogP contribution in [0.15, 0.2) is 59.5 Å². The second kappa shape index (κ2) is 8.85. The van der Waals surface area contributed by atoms with Gasteiger partial charge in [0.1, 0.15) is 0 Å². The molecule has 2 aromatic carbocycles. The van der Waals surface area contributed by atoms with Crippen LogP contribution in [0.5, 0.6) is 0 Å². The average molecular weight is 379 g/mol. The fraction of sp³-hybridized carbons (Fsp3) is 0.368. The first-order valence-electron chi connectivity index (χ1n) is 8.38. The van der Waals surface area contributed by atoms with E-state index in [1.807, 2.05) is 11.8 Å². The molecule has 25 heavy (non-hydrogen) atoms. The molecular weight excluding hydrogens is 356 g/mol. The monoisotopic (exact) mass is 378 g/mol. The van der Waals surface area contributed by atoms with Crippen LogP contribution in [0.2, 0.25) is 0 Å². The Morgan fingerprint density at radius 3 is 2.60 bits per heavy atom. The van der Waals surface area contributed by atoms with Crippen molar-refractivity contribution in [2.75, 3.05) is 25.6 Å². The molecule has 0 spiro atoms. The number of rotatable bonds is 7. The third-order valence-corrected chi connectivity index (χ3v) is 6.72. The summed E-state index contributed by atoms with van der Waals surface area (Å²) in [6, 6.07) is 16.7. The SMILES string of the molecule is O=S(=O)(OCCOCC1SCCCc2ccccc21)c1ccccc1. The molecule has 0 radical (unpaired) electrons. The van der Waals surface area contributed by atoms with Gasteiger partial charge in [-0.1, -0.05) is 42.5 Å². The standard InChI is InChI=1S/C19H22O4S2/c20-25(21,17-9-2-1-3-10-17)23-13-12-22-15-19-18-11-5-4-7-16(18)8-6-14-24-19/h1-5,7,9-11,19H,6,8,12-15H2. The Kier molecular flexibility index (Phi) is 6.53. The van der Waals surface area contributed by atoms with E-state index in [9.17, 15) is 8.42 Å². The van der Waals surface area contributed by atoms with Crippen LogP contribution < -0.4 is 0 Å². The predicted molar refractivity (Wildman–Crippen MR) is 100 cm³/mol. The van der Waals surface area contributed by atoms with Crippen LogP contribution in [-0.4, -0.2) is 34.0 Å². The van der Waals surface area contributed by atoms with Crippen molar-refractivity contribution >= 4 is 21.9 Å². The van der Waals surface area contributed by atoms with Gasteiger partial charge in [-0.05, 0) is 41.9 Å². The van der Waals surface area contributed by atoms with Gasteiger partial charge in [0.05, 0.1) is 30.0 Å². The number of thioether (sulfide) groups is 1. The van der Waals surface area contributed by atoms with E-state index in [1.54, 1.807) is 18.2 Å². The van der Waals surface area contributed by atoms with E-state index in [0.717, 1.165) is 12.2 Å². The van der Waals surface area contributed by atoms with Crippen molar-refractivity contribution in [2.45, 2.75) is 23.0 Å². The van der Waals surface area contributed by atoms with Crippen LogP contribution in [-0.2, 0) is 25.5 Å². The lowest BCUT2D eigenvalue weighted by Crippen LogP contribution is -2.14. The molecule has 1 aliphatic rings. The maximum Gasteiger partial charge on any atom is 0.297 e. The fourth-order valence-electron chi connectivity index (χ4n) is 2.84. The Morgan fingerprint density at radius 1 is 1.00 bits per heavy atom. The van der Waals surface area contributed by atoms with Gasteiger partial charge in [0, 0.05) is 0 Å². The van der Waals surface area contributed by atoms with Gasteiger partial charge in [-0.3, -0.25) is 4.18 Å². The Morgan fingerprint density at radius 2 is 1.76 bits per heavy atom. The van der Waals surface area contributed by atoms with E-state index < -0.39 is 10.1 Å². The lowest BCUT2D eigenvalue weighted by Gasteiger charge is -2.17. The van der Waals surface area contributed by atoms with Crippen molar-refractivity contribution in [2.24, 2.45) is 0 Å². The van der Waals surface area contributed by atoms with E-state index in [-0.39, 0.29) is 18.1 Å². The van der Waals surface area contributed by atoms with E-state index >= 15 is 0 Å². The summed E-state index contributed by atoms with van der Waals surface area (Å²) in [6.45, 7) is 0.845. The summed E-state index contributed by atoms with van der Waals surface area (Å²) in [7, 11) is -3.71. The lowest BCUT2D eigenvalue weighted by atomic mass is 10.0. The molecule has 0 aromatic heterocycles. The molecule has 0 N–H and O–H groups in total. The summed E-state index contributed by atoms with van der Waals surface area (Å²) in [4.78, 5) is 0.170. The van der Waals surface area contributed by atoms with Gasteiger partial charge in [-0.2, -0.15) is 20.2 Å². The second-order valence-corrected chi connectivity index (χ2v) is 8.75. The molecule has 0 amide bonds. The van der Waals surface area contributed by atoms with Gasteiger partial charge in [0.25, 0.3) is 10.1 Å². The molecule has 1 atom stereocenters. The normalized spacial score (nSPS) is 17.7. The van der Waals surface area contributed by atoms with E-state index in [0.29, 0.717) is 11.9 Å². The van der Waals surface area contributed by atoms with Crippen molar-refractivity contribution in [1.29, 1.82) is 0 Å². The van der Waals surface area contributed by atoms with Gasteiger partial charge in [-0.25, -0.2) is 0 Å². The van der Waals surface area contributed by atoms with Crippen molar-refractivity contribution in [3.05, 3.63) is 65.7 Å².